The minimum atomic E-state index is -3.58. The molecule has 10 rings (SSSR count). The van der Waals surface area contributed by atoms with Gasteiger partial charge in [0.1, 0.15) is 38.6 Å². The number of amides is 2. The maximum Gasteiger partial charge on any atom is 0.324 e. The fourth-order valence-corrected chi connectivity index (χ4v) is 10.1. The molecule has 0 radical (unpaired) electrons. The number of fused-ring (bicyclic) bond motifs is 4. The van der Waals surface area contributed by atoms with E-state index in [4.69, 9.17) is 18.9 Å². The number of nitrogens with one attached hydrogen (secondary N) is 2. The minimum Gasteiger partial charge on any atom is -0.486 e. The quantitative estimate of drug-likeness (QED) is 0.0617. The van der Waals surface area contributed by atoms with Gasteiger partial charge in [-0.2, -0.15) is 17.6 Å². The third kappa shape index (κ3) is 13.3. The first-order valence-electron chi connectivity index (χ1n) is 25.7. The van der Waals surface area contributed by atoms with Crippen LogP contribution in [0, 0.1) is 0 Å². The number of aliphatic hydroxyl groups excluding tert-OH is 2. The van der Waals surface area contributed by atoms with Gasteiger partial charge in [0, 0.05) is 25.9 Å². The first-order valence-corrected chi connectivity index (χ1v) is 25.7. The molecular weight excluding hydrogens is 957 g/mol. The summed E-state index contributed by atoms with van der Waals surface area (Å²) >= 11 is 0. The highest BCUT2D eigenvalue weighted by Crippen LogP contribution is 2.36. The van der Waals surface area contributed by atoms with Crippen LogP contribution in [0.5, 0.6) is 23.0 Å². The van der Waals surface area contributed by atoms with Crippen LogP contribution in [0.4, 0.5) is 17.6 Å². The second kappa shape index (κ2) is 23.8. The fourth-order valence-electron chi connectivity index (χ4n) is 10.1. The maximum atomic E-state index is 15.0. The van der Waals surface area contributed by atoms with Gasteiger partial charge in [-0.15, -0.1) is 0 Å². The fraction of sp³-hybridized carbons (Fsp3) is 0.414. The number of rotatable bonds is 18. The van der Waals surface area contributed by atoms with Crippen LogP contribution in [0.2, 0.25) is 0 Å². The van der Waals surface area contributed by atoms with E-state index < -0.39 is 60.8 Å². The maximum absolute atomic E-state index is 15.0. The predicted octanol–water partition coefficient (Wildman–Crippen LogP) is 8.99. The molecule has 4 aliphatic rings. The van der Waals surface area contributed by atoms with Crippen molar-refractivity contribution >= 4 is 33.4 Å². The summed E-state index contributed by atoms with van der Waals surface area (Å²) in [6, 6.07) is 34.9. The number of aryl methyl sites for hydroxylation is 2. The molecule has 4 atom stereocenters. The summed E-state index contributed by atoms with van der Waals surface area (Å²) in [6.45, 7) is 5.44. The summed E-state index contributed by atoms with van der Waals surface area (Å²) < 4.78 is 82.4. The van der Waals surface area contributed by atoms with E-state index in [0.717, 1.165) is 84.5 Å². The van der Waals surface area contributed by atoms with E-state index in [2.05, 4.69) is 20.4 Å². The number of halogens is 4. The van der Waals surface area contributed by atoms with Crippen LogP contribution in [0.1, 0.15) is 73.0 Å². The van der Waals surface area contributed by atoms with E-state index in [9.17, 15) is 19.8 Å². The Labute approximate surface area is 428 Å². The van der Waals surface area contributed by atoms with Gasteiger partial charge >= 0.3 is 11.8 Å². The first-order chi connectivity index (χ1) is 35.8. The van der Waals surface area contributed by atoms with Crippen LogP contribution in [0.15, 0.2) is 121 Å². The summed E-state index contributed by atoms with van der Waals surface area (Å²) in [4.78, 5) is 29.8. The zero-order valence-electron chi connectivity index (χ0n) is 41.3. The van der Waals surface area contributed by atoms with E-state index in [1.807, 2.05) is 84.9 Å². The Morgan fingerprint density at radius 2 is 0.851 bits per heavy atom. The predicted molar refractivity (Wildman–Crippen MR) is 274 cm³/mol. The van der Waals surface area contributed by atoms with Crippen LogP contribution >= 0.6 is 0 Å². The Kier molecular flexibility index (Phi) is 16.9. The van der Waals surface area contributed by atoms with Crippen molar-refractivity contribution in [1.82, 2.24) is 20.4 Å². The Bertz CT molecular complexity index is 2680. The van der Waals surface area contributed by atoms with E-state index in [0.29, 0.717) is 60.6 Å². The van der Waals surface area contributed by atoms with Gasteiger partial charge < -0.3 is 49.6 Å². The molecule has 74 heavy (non-hydrogen) atoms. The number of carbonyl (C=O) groups is 2. The van der Waals surface area contributed by atoms with E-state index in [1.165, 1.54) is 0 Å². The van der Waals surface area contributed by atoms with Gasteiger partial charge in [0.15, 0.2) is 23.0 Å². The minimum absolute atomic E-state index is 0.0623. The third-order valence-electron chi connectivity index (χ3n) is 14.3. The lowest BCUT2D eigenvalue weighted by Gasteiger charge is -2.30. The zero-order valence-corrected chi connectivity index (χ0v) is 41.3. The van der Waals surface area contributed by atoms with Crippen LogP contribution in [-0.2, 0) is 22.4 Å². The smallest absolute Gasteiger partial charge is 0.324 e. The molecule has 6 aromatic carbocycles. The van der Waals surface area contributed by atoms with Crippen molar-refractivity contribution in [3.63, 3.8) is 0 Å². The van der Waals surface area contributed by atoms with Crippen LogP contribution in [-0.4, -0.2) is 121 Å². The van der Waals surface area contributed by atoms with Crippen molar-refractivity contribution in [3.05, 3.63) is 144 Å². The Morgan fingerprint density at radius 1 is 0.486 bits per heavy atom. The second-order valence-electron chi connectivity index (χ2n) is 19.6. The average Bonchev–Trinajstić information content (AvgIpc) is 4.16. The lowest BCUT2D eigenvalue weighted by Crippen LogP contribution is -2.51. The number of carbonyl (C=O) groups excluding carboxylic acids is 2. The zero-order chi connectivity index (χ0) is 51.7. The van der Waals surface area contributed by atoms with Gasteiger partial charge in [-0.3, -0.25) is 9.59 Å². The van der Waals surface area contributed by atoms with Crippen molar-refractivity contribution in [3.8, 4) is 23.0 Å². The number of nitrogens with zero attached hydrogens (tertiary/aromatic N) is 2. The highest BCUT2D eigenvalue weighted by molar-refractivity contribution is 5.85. The number of benzene rings is 6. The van der Waals surface area contributed by atoms with Crippen molar-refractivity contribution in [2.24, 2.45) is 0 Å². The summed E-state index contributed by atoms with van der Waals surface area (Å²) in [6.07, 6.45) is 0.533. The molecule has 0 aromatic heterocycles. The first kappa shape index (κ1) is 52.4. The van der Waals surface area contributed by atoms with Gasteiger partial charge in [-0.25, -0.2) is 0 Å². The highest BCUT2D eigenvalue weighted by atomic mass is 19.3. The number of ether oxygens (including phenoxy) is 4. The summed E-state index contributed by atoms with van der Waals surface area (Å²) in [5, 5.41) is 31.3. The summed E-state index contributed by atoms with van der Waals surface area (Å²) in [7, 11) is 0. The standard InChI is InChI=1S/2C29H32F2N2O4/c2*30-29(31,12-11-20-7-8-21-5-1-2-6-22(21)17-20)28(35)32-24(19-33-13-3-4-14-33)27(34)23-9-10-25-26(18-23)37-16-15-36-25/h2*1-2,5-10,17-18,24,27,34H,3-4,11-16,19H2,(H,32,35)/t24-,27+;24-,27-/m11/s1. The Morgan fingerprint density at radius 3 is 1.24 bits per heavy atom. The molecule has 2 fully saturated rings. The molecule has 16 heteroatoms. The Hall–Kier alpha value is -6.46. The van der Waals surface area contributed by atoms with Crippen LogP contribution in [0.3, 0.4) is 0 Å². The molecule has 392 valence electrons. The number of hydrogen-bond acceptors (Lipinski definition) is 10. The normalized spacial score (nSPS) is 17.5. The monoisotopic (exact) mass is 1020 g/mol. The molecule has 4 aliphatic heterocycles. The lowest BCUT2D eigenvalue weighted by atomic mass is 9.99. The van der Waals surface area contributed by atoms with Crippen molar-refractivity contribution in [2.45, 2.75) is 87.5 Å². The highest BCUT2D eigenvalue weighted by Gasteiger charge is 2.42. The molecular formula is C58H64F4N4O8. The largest absolute Gasteiger partial charge is 0.486 e. The molecule has 0 bridgehead atoms. The lowest BCUT2D eigenvalue weighted by molar-refractivity contribution is -0.148. The molecule has 6 aromatic rings. The Balaban J connectivity index is 0.000000182. The molecule has 0 saturated carbocycles. The van der Waals surface area contributed by atoms with Crippen molar-refractivity contribution < 1.29 is 56.3 Å². The number of hydrogen-bond donors (Lipinski definition) is 4. The molecule has 2 saturated heterocycles. The second-order valence-corrected chi connectivity index (χ2v) is 19.6. The van der Waals surface area contributed by atoms with Gasteiger partial charge in [-0.1, -0.05) is 97.1 Å². The summed E-state index contributed by atoms with van der Waals surface area (Å²) in [5.41, 5.74) is 2.45. The molecule has 0 spiro atoms. The molecule has 0 unspecified atom stereocenters. The number of aliphatic hydroxyl groups is 2. The van der Waals surface area contributed by atoms with E-state index in [-0.39, 0.29) is 25.9 Å². The van der Waals surface area contributed by atoms with E-state index in [1.54, 1.807) is 36.4 Å². The number of alkyl halides is 4. The van der Waals surface area contributed by atoms with Crippen LogP contribution in [0.25, 0.3) is 21.5 Å². The average molecular weight is 1020 g/mol. The molecule has 2 amide bonds. The van der Waals surface area contributed by atoms with Crippen molar-refractivity contribution in [2.75, 3.05) is 65.7 Å². The topological polar surface area (TPSA) is 142 Å². The van der Waals surface area contributed by atoms with Crippen molar-refractivity contribution in [1.29, 1.82) is 0 Å². The molecule has 4 N–H and O–H groups in total. The molecule has 4 heterocycles. The van der Waals surface area contributed by atoms with Gasteiger partial charge in [0.25, 0.3) is 11.8 Å². The molecule has 12 nitrogen and oxygen atoms in total. The third-order valence-corrected chi connectivity index (χ3v) is 14.3. The van der Waals surface area contributed by atoms with Gasteiger partial charge in [0.05, 0.1) is 12.1 Å². The summed E-state index contributed by atoms with van der Waals surface area (Å²) in [5.74, 6) is -7.76. The van der Waals surface area contributed by atoms with E-state index >= 15 is 17.6 Å². The molecule has 0 aliphatic carbocycles. The number of likely N-dealkylation sites (tertiary alicyclic amines) is 2. The van der Waals surface area contributed by atoms with Gasteiger partial charge in [0.2, 0.25) is 0 Å². The van der Waals surface area contributed by atoms with Crippen LogP contribution < -0.4 is 29.6 Å². The van der Waals surface area contributed by atoms with Gasteiger partial charge in [-0.05, 0) is 133 Å². The SMILES string of the molecule is O=C(N[C@H](CN1CCCC1)[C@@H](O)c1ccc2c(c1)OCCO2)C(F)(F)CCc1ccc2ccccc2c1.O=C(N[C@H](CN1CCCC1)[C@H](O)c1ccc2c(c1)OCCO2)C(F)(F)CCc1ccc2ccccc2c1.